The fourth-order valence-electron chi connectivity index (χ4n) is 2.28. The molecule has 122 valence electrons. The Kier molecular flexibility index (Phi) is 5.57. The average molecular weight is 323 g/mol. The molecule has 0 aromatic rings. The topological polar surface area (TPSA) is 119 Å². The van der Waals surface area contributed by atoms with Crippen LogP contribution in [0.2, 0.25) is 0 Å². The van der Waals surface area contributed by atoms with Gasteiger partial charge < -0.3 is 14.8 Å². The average Bonchev–Trinajstić information content (AvgIpc) is 2.71. The van der Waals surface area contributed by atoms with E-state index in [-0.39, 0.29) is 18.9 Å². The van der Waals surface area contributed by atoms with Gasteiger partial charge in [0.15, 0.2) is 0 Å². The molecule has 1 heterocycles. The molecule has 1 rings (SSSR count). The standard InChI is InChI=1S/C12H21NO7S/c1-8(14)13-9(4-5-21(16,17)18)6-12(2,3)10-7-19-11(15)20-10/h9-10H,4-7H2,1-3H3,(H,13,14)(H,16,17,18). The van der Waals surface area contributed by atoms with E-state index in [0.29, 0.717) is 6.42 Å². The van der Waals surface area contributed by atoms with Crippen molar-refractivity contribution in [2.45, 2.75) is 45.8 Å². The van der Waals surface area contributed by atoms with E-state index in [2.05, 4.69) is 5.32 Å². The highest BCUT2D eigenvalue weighted by Gasteiger charge is 2.40. The first-order valence-corrected chi connectivity index (χ1v) is 8.16. The van der Waals surface area contributed by atoms with Crippen molar-refractivity contribution >= 4 is 22.2 Å². The van der Waals surface area contributed by atoms with Crippen molar-refractivity contribution in [2.75, 3.05) is 12.4 Å². The van der Waals surface area contributed by atoms with Crippen molar-refractivity contribution in [3.05, 3.63) is 0 Å². The van der Waals surface area contributed by atoms with Crippen LogP contribution in [0.25, 0.3) is 0 Å². The second kappa shape index (κ2) is 6.61. The fraction of sp³-hybridized carbons (Fsp3) is 0.833. The quantitative estimate of drug-likeness (QED) is 0.523. The Bertz CT molecular complexity index is 500. The zero-order chi connectivity index (χ0) is 16.3. The van der Waals surface area contributed by atoms with Crippen LogP contribution in [-0.4, -0.2) is 49.5 Å². The minimum Gasteiger partial charge on any atom is -0.430 e. The van der Waals surface area contributed by atoms with Gasteiger partial charge in [0.2, 0.25) is 5.91 Å². The van der Waals surface area contributed by atoms with E-state index in [9.17, 15) is 18.0 Å². The van der Waals surface area contributed by atoms with Gasteiger partial charge in [-0.25, -0.2) is 4.79 Å². The molecule has 0 bridgehead atoms. The first-order valence-electron chi connectivity index (χ1n) is 6.55. The summed E-state index contributed by atoms with van der Waals surface area (Å²) >= 11 is 0. The molecule has 0 aromatic heterocycles. The molecule has 2 N–H and O–H groups in total. The fourth-order valence-corrected chi connectivity index (χ4v) is 2.87. The van der Waals surface area contributed by atoms with Crippen LogP contribution in [-0.2, 0) is 24.4 Å². The van der Waals surface area contributed by atoms with Crippen LogP contribution in [0.1, 0.15) is 33.6 Å². The number of carbonyl (C=O) groups excluding carboxylic acids is 2. The molecule has 0 aromatic carbocycles. The third-order valence-electron chi connectivity index (χ3n) is 3.37. The summed E-state index contributed by atoms with van der Waals surface area (Å²) < 4.78 is 40.3. The SMILES string of the molecule is CC(=O)NC(CCS(=O)(=O)O)CC(C)(C)C1COC(=O)O1. The zero-order valence-corrected chi connectivity index (χ0v) is 13.1. The van der Waals surface area contributed by atoms with Crippen LogP contribution in [0.4, 0.5) is 4.79 Å². The summed E-state index contributed by atoms with van der Waals surface area (Å²) in [5.74, 6) is -0.750. The zero-order valence-electron chi connectivity index (χ0n) is 12.3. The summed E-state index contributed by atoms with van der Waals surface area (Å²) in [5.41, 5.74) is -0.515. The van der Waals surface area contributed by atoms with Crippen molar-refractivity contribution in [1.82, 2.24) is 5.32 Å². The van der Waals surface area contributed by atoms with Gasteiger partial charge in [0.25, 0.3) is 10.1 Å². The third-order valence-corrected chi connectivity index (χ3v) is 4.12. The Morgan fingerprint density at radius 3 is 2.57 bits per heavy atom. The van der Waals surface area contributed by atoms with Crippen LogP contribution in [0.15, 0.2) is 0 Å². The van der Waals surface area contributed by atoms with Crippen molar-refractivity contribution in [3.8, 4) is 0 Å². The van der Waals surface area contributed by atoms with E-state index < -0.39 is 39.6 Å². The van der Waals surface area contributed by atoms with Gasteiger partial charge in [0, 0.05) is 18.4 Å². The number of cyclic esters (lactones) is 2. The van der Waals surface area contributed by atoms with Gasteiger partial charge in [-0.1, -0.05) is 13.8 Å². The normalized spacial score (nSPS) is 20.6. The molecule has 0 saturated carbocycles. The lowest BCUT2D eigenvalue weighted by atomic mass is 9.80. The van der Waals surface area contributed by atoms with Crippen LogP contribution >= 0.6 is 0 Å². The number of amides is 1. The van der Waals surface area contributed by atoms with Gasteiger partial charge in [-0.05, 0) is 12.8 Å². The van der Waals surface area contributed by atoms with Crippen LogP contribution in [0.3, 0.4) is 0 Å². The molecule has 2 unspecified atom stereocenters. The monoisotopic (exact) mass is 323 g/mol. The molecule has 0 radical (unpaired) electrons. The summed E-state index contributed by atoms with van der Waals surface area (Å²) in [6.07, 6.45) is -0.749. The molecule has 1 amide bonds. The van der Waals surface area contributed by atoms with E-state index in [1.807, 2.05) is 13.8 Å². The van der Waals surface area contributed by atoms with Gasteiger partial charge in [0.1, 0.15) is 12.7 Å². The number of hydrogen-bond acceptors (Lipinski definition) is 6. The number of hydrogen-bond donors (Lipinski definition) is 2. The predicted molar refractivity (Wildman–Crippen MR) is 73.3 cm³/mol. The second-order valence-electron chi connectivity index (χ2n) is 5.83. The summed E-state index contributed by atoms with van der Waals surface area (Å²) in [5, 5.41) is 2.65. The molecule has 8 nitrogen and oxygen atoms in total. The van der Waals surface area contributed by atoms with Crippen molar-refractivity contribution in [2.24, 2.45) is 5.41 Å². The van der Waals surface area contributed by atoms with Gasteiger partial charge in [-0.3, -0.25) is 9.35 Å². The van der Waals surface area contributed by atoms with Crippen molar-refractivity contribution in [1.29, 1.82) is 0 Å². The summed E-state index contributed by atoms with van der Waals surface area (Å²) in [4.78, 5) is 22.2. The highest BCUT2D eigenvalue weighted by molar-refractivity contribution is 7.85. The molecule has 9 heteroatoms. The number of ether oxygens (including phenoxy) is 2. The van der Waals surface area contributed by atoms with Crippen LogP contribution in [0.5, 0.6) is 0 Å². The first kappa shape index (κ1) is 17.7. The molecule has 0 aliphatic carbocycles. The number of carbonyl (C=O) groups is 2. The van der Waals surface area contributed by atoms with Crippen molar-refractivity contribution in [3.63, 3.8) is 0 Å². The minimum absolute atomic E-state index is 0.0728. The van der Waals surface area contributed by atoms with Crippen LogP contribution < -0.4 is 5.32 Å². The maximum atomic E-state index is 11.2. The molecular weight excluding hydrogens is 302 g/mol. The van der Waals surface area contributed by atoms with Gasteiger partial charge in [0.05, 0.1) is 5.75 Å². The third kappa shape index (κ3) is 6.30. The van der Waals surface area contributed by atoms with Crippen LogP contribution in [0, 0.1) is 5.41 Å². The van der Waals surface area contributed by atoms with E-state index in [1.54, 1.807) is 0 Å². The van der Waals surface area contributed by atoms with E-state index in [1.165, 1.54) is 6.92 Å². The lowest BCUT2D eigenvalue weighted by Crippen LogP contribution is -2.42. The molecule has 1 saturated heterocycles. The molecule has 2 atom stereocenters. The number of rotatable bonds is 7. The summed E-state index contributed by atoms with van der Waals surface area (Å²) in [6, 6.07) is -0.460. The molecule has 1 aliphatic rings. The Labute approximate surface area is 123 Å². The molecule has 0 spiro atoms. The maximum absolute atomic E-state index is 11.2. The first-order chi connectivity index (χ1) is 9.49. The van der Waals surface area contributed by atoms with Gasteiger partial charge in [-0.2, -0.15) is 8.42 Å². The molecule has 1 aliphatic heterocycles. The van der Waals surface area contributed by atoms with E-state index >= 15 is 0 Å². The maximum Gasteiger partial charge on any atom is 0.508 e. The minimum atomic E-state index is -4.10. The van der Waals surface area contributed by atoms with Gasteiger partial charge >= 0.3 is 6.16 Å². The highest BCUT2D eigenvalue weighted by Crippen LogP contribution is 2.33. The lowest BCUT2D eigenvalue weighted by molar-refractivity contribution is -0.120. The Morgan fingerprint density at radius 1 is 1.52 bits per heavy atom. The van der Waals surface area contributed by atoms with E-state index in [0.717, 1.165) is 0 Å². The molecular formula is C12H21NO7S. The Morgan fingerprint density at radius 2 is 2.14 bits per heavy atom. The molecule has 1 fully saturated rings. The van der Waals surface area contributed by atoms with Crippen molar-refractivity contribution < 1.29 is 32.0 Å². The molecule has 21 heavy (non-hydrogen) atoms. The van der Waals surface area contributed by atoms with Gasteiger partial charge in [-0.15, -0.1) is 0 Å². The lowest BCUT2D eigenvalue weighted by Gasteiger charge is -2.32. The predicted octanol–water partition coefficient (Wildman–Crippen LogP) is 0.721. The second-order valence-corrected chi connectivity index (χ2v) is 7.40. The largest absolute Gasteiger partial charge is 0.508 e. The smallest absolute Gasteiger partial charge is 0.430 e. The summed E-state index contributed by atoms with van der Waals surface area (Å²) in [6.45, 7) is 5.12. The highest BCUT2D eigenvalue weighted by atomic mass is 32.2. The number of nitrogens with one attached hydrogen (secondary N) is 1. The Hall–Kier alpha value is -1.35. The van der Waals surface area contributed by atoms with E-state index in [4.69, 9.17) is 14.0 Å². The Balaban J connectivity index is 2.69. The summed E-state index contributed by atoms with van der Waals surface area (Å²) in [7, 11) is -4.10.